The van der Waals surface area contributed by atoms with Gasteiger partial charge in [-0.25, -0.2) is 13.6 Å². The molecule has 2 rings (SSSR count). The number of hydrogen-bond acceptors (Lipinski definition) is 5. The molecule has 0 atom stereocenters. The molecule has 0 unspecified atom stereocenters. The summed E-state index contributed by atoms with van der Waals surface area (Å²) in [6.07, 6.45) is 0. The summed E-state index contributed by atoms with van der Waals surface area (Å²) in [6.45, 7) is 5.46. The zero-order chi connectivity index (χ0) is 20.4. The van der Waals surface area contributed by atoms with E-state index in [2.05, 4.69) is 10.0 Å². The number of benzene rings is 2. The first kappa shape index (κ1) is 20.5. The molecule has 4 N–H and O–H groups in total. The van der Waals surface area contributed by atoms with Crippen molar-refractivity contribution in [1.29, 1.82) is 0 Å². The largest absolute Gasteiger partial charge is 0.507 e. The maximum absolute atomic E-state index is 13.9. The SMILES string of the molecule is CC(C)(C)NC(=O)c1ccc(SNc2cc(F)c(C(=O)O)cc2F)c(O)c1. The highest BCUT2D eigenvalue weighted by molar-refractivity contribution is 8.00. The lowest BCUT2D eigenvalue weighted by atomic mass is 10.1. The van der Waals surface area contributed by atoms with Crippen LogP contribution in [-0.4, -0.2) is 27.6 Å². The Labute approximate surface area is 158 Å². The lowest BCUT2D eigenvalue weighted by Crippen LogP contribution is -2.40. The number of carboxylic acid groups (broad SMARTS) is 1. The molecule has 9 heteroatoms. The second kappa shape index (κ2) is 7.83. The van der Waals surface area contributed by atoms with E-state index in [0.29, 0.717) is 12.1 Å². The van der Waals surface area contributed by atoms with Crippen LogP contribution in [0.1, 0.15) is 41.5 Å². The minimum atomic E-state index is -1.58. The van der Waals surface area contributed by atoms with Gasteiger partial charge in [-0.3, -0.25) is 4.79 Å². The van der Waals surface area contributed by atoms with Crippen LogP contribution in [0.25, 0.3) is 0 Å². The minimum Gasteiger partial charge on any atom is -0.507 e. The average Bonchev–Trinajstić information content (AvgIpc) is 2.54. The van der Waals surface area contributed by atoms with Gasteiger partial charge in [0.15, 0.2) is 0 Å². The molecule has 0 bridgehead atoms. The Balaban J connectivity index is 2.14. The van der Waals surface area contributed by atoms with E-state index in [4.69, 9.17) is 5.11 Å². The number of carbonyl (C=O) groups is 2. The van der Waals surface area contributed by atoms with Crippen LogP contribution in [0.5, 0.6) is 5.75 Å². The van der Waals surface area contributed by atoms with E-state index in [1.807, 2.05) is 20.8 Å². The fourth-order valence-corrected chi connectivity index (χ4v) is 2.73. The molecule has 0 aliphatic carbocycles. The summed E-state index contributed by atoms with van der Waals surface area (Å²) in [5, 5.41) is 21.6. The van der Waals surface area contributed by atoms with Crippen molar-refractivity contribution in [3.05, 3.63) is 53.1 Å². The monoisotopic (exact) mass is 396 g/mol. The van der Waals surface area contributed by atoms with Crippen LogP contribution in [0.2, 0.25) is 0 Å². The molecule has 6 nitrogen and oxygen atoms in total. The van der Waals surface area contributed by atoms with Gasteiger partial charge in [0.1, 0.15) is 17.4 Å². The molecule has 0 heterocycles. The minimum absolute atomic E-state index is 0.225. The van der Waals surface area contributed by atoms with Crippen molar-refractivity contribution in [2.24, 2.45) is 0 Å². The van der Waals surface area contributed by atoms with Gasteiger partial charge in [-0.05, 0) is 57.0 Å². The molecule has 27 heavy (non-hydrogen) atoms. The van der Waals surface area contributed by atoms with Crippen LogP contribution in [0.4, 0.5) is 14.5 Å². The molecule has 0 aliphatic rings. The third-order valence-corrected chi connectivity index (χ3v) is 4.15. The molecule has 0 aliphatic heterocycles. The van der Waals surface area contributed by atoms with E-state index < -0.39 is 28.7 Å². The van der Waals surface area contributed by atoms with Gasteiger partial charge in [0.2, 0.25) is 0 Å². The fraction of sp³-hybridized carbons (Fsp3) is 0.222. The highest BCUT2D eigenvalue weighted by Crippen LogP contribution is 2.31. The topological polar surface area (TPSA) is 98.7 Å². The molecule has 0 spiro atoms. The predicted molar refractivity (Wildman–Crippen MR) is 98.1 cm³/mol. The second-order valence-electron chi connectivity index (χ2n) is 6.71. The summed E-state index contributed by atoms with van der Waals surface area (Å²) in [4.78, 5) is 23.1. The zero-order valence-corrected chi connectivity index (χ0v) is 15.6. The van der Waals surface area contributed by atoms with E-state index in [9.17, 15) is 23.5 Å². The number of phenolic OH excluding ortho intramolecular Hbond substituents is 1. The Kier molecular flexibility index (Phi) is 5.94. The molecule has 144 valence electrons. The third kappa shape index (κ3) is 5.33. The van der Waals surface area contributed by atoms with Crippen molar-refractivity contribution in [3.8, 4) is 5.75 Å². The molecule has 0 saturated heterocycles. The van der Waals surface area contributed by atoms with Crippen LogP contribution >= 0.6 is 11.9 Å². The van der Waals surface area contributed by atoms with Gasteiger partial charge in [-0.2, -0.15) is 0 Å². The number of aromatic carboxylic acids is 1. The molecular formula is C18H18F2N2O4S. The van der Waals surface area contributed by atoms with E-state index in [1.54, 1.807) is 0 Å². The number of aromatic hydroxyl groups is 1. The number of rotatable bonds is 5. The van der Waals surface area contributed by atoms with E-state index in [0.717, 1.165) is 11.9 Å². The number of nitrogens with one attached hydrogen (secondary N) is 2. The molecule has 0 radical (unpaired) electrons. The second-order valence-corrected chi connectivity index (χ2v) is 7.56. The molecular weight excluding hydrogens is 378 g/mol. The van der Waals surface area contributed by atoms with Crippen molar-refractivity contribution in [2.45, 2.75) is 31.2 Å². The molecule has 2 aromatic carbocycles. The van der Waals surface area contributed by atoms with Gasteiger partial charge in [-0.15, -0.1) is 0 Å². The Bertz CT molecular complexity index is 898. The van der Waals surface area contributed by atoms with Crippen molar-refractivity contribution in [2.75, 3.05) is 4.72 Å². The lowest BCUT2D eigenvalue weighted by molar-refractivity contribution is 0.0691. The summed E-state index contributed by atoms with van der Waals surface area (Å²) in [5.41, 5.74) is -1.25. The van der Waals surface area contributed by atoms with E-state index >= 15 is 0 Å². The van der Waals surface area contributed by atoms with Crippen molar-refractivity contribution in [1.82, 2.24) is 5.32 Å². The third-order valence-electron chi connectivity index (χ3n) is 3.27. The normalized spacial score (nSPS) is 11.1. The Hall–Kier alpha value is -2.81. The van der Waals surface area contributed by atoms with Crippen molar-refractivity contribution < 1.29 is 28.6 Å². The summed E-state index contributed by atoms with van der Waals surface area (Å²) in [6, 6.07) is 5.48. The van der Waals surface area contributed by atoms with Crippen LogP contribution in [0.3, 0.4) is 0 Å². The van der Waals surface area contributed by atoms with Crippen molar-refractivity contribution in [3.63, 3.8) is 0 Å². The first-order valence-corrected chi connectivity index (χ1v) is 8.60. The van der Waals surface area contributed by atoms with Crippen LogP contribution in [-0.2, 0) is 0 Å². The highest BCUT2D eigenvalue weighted by Gasteiger charge is 2.18. The number of halogens is 2. The quantitative estimate of drug-likeness (QED) is 0.570. The van der Waals surface area contributed by atoms with Gasteiger partial charge >= 0.3 is 5.97 Å². The Morgan fingerprint density at radius 3 is 2.30 bits per heavy atom. The van der Waals surface area contributed by atoms with Crippen molar-refractivity contribution >= 4 is 29.5 Å². The number of hydrogen-bond donors (Lipinski definition) is 4. The van der Waals surface area contributed by atoms with Gasteiger partial charge < -0.3 is 20.3 Å². The average molecular weight is 396 g/mol. The summed E-state index contributed by atoms with van der Waals surface area (Å²) in [5.74, 6) is -4.21. The number of anilines is 1. The van der Waals surface area contributed by atoms with Gasteiger partial charge in [-0.1, -0.05) is 0 Å². The number of carboxylic acids is 1. The van der Waals surface area contributed by atoms with Crippen LogP contribution in [0.15, 0.2) is 35.2 Å². The fourth-order valence-electron chi connectivity index (χ4n) is 2.06. The molecule has 0 aromatic heterocycles. The molecule has 1 amide bonds. The maximum atomic E-state index is 13.9. The number of carbonyl (C=O) groups excluding carboxylic acids is 1. The Morgan fingerprint density at radius 1 is 1.07 bits per heavy atom. The lowest BCUT2D eigenvalue weighted by Gasteiger charge is -2.20. The predicted octanol–water partition coefficient (Wildman–Crippen LogP) is 4.02. The maximum Gasteiger partial charge on any atom is 0.338 e. The molecule has 2 aromatic rings. The zero-order valence-electron chi connectivity index (χ0n) is 14.8. The van der Waals surface area contributed by atoms with Gasteiger partial charge in [0.25, 0.3) is 5.91 Å². The van der Waals surface area contributed by atoms with Gasteiger partial charge in [0.05, 0.1) is 16.1 Å². The Morgan fingerprint density at radius 2 is 1.74 bits per heavy atom. The molecule has 0 saturated carbocycles. The van der Waals surface area contributed by atoms with E-state index in [1.165, 1.54) is 18.2 Å². The number of phenols is 1. The summed E-state index contributed by atoms with van der Waals surface area (Å²) >= 11 is 0.785. The highest BCUT2D eigenvalue weighted by atomic mass is 32.2. The van der Waals surface area contributed by atoms with Gasteiger partial charge in [0, 0.05) is 17.2 Å². The smallest absolute Gasteiger partial charge is 0.338 e. The first-order valence-electron chi connectivity index (χ1n) is 7.78. The number of amides is 1. The summed E-state index contributed by atoms with van der Waals surface area (Å²) < 4.78 is 30.1. The standard InChI is InChI=1S/C18H18F2N2O4S/c1-18(2,3)21-16(24)9-4-5-15(14(23)6-9)27-22-13-8-11(19)10(17(25)26)7-12(13)20/h4-8,22-23H,1-3H3,(H,21,24)(H,25,26). The van der Waals surface area contributed by atoms with Crippen LogP contribution < -0.4 is 10.0 Å². The summed E-state index contributed by atoms with van der Waals surface area (Å²) in [7, 11) is 0. The van der Waals surface area contributed by atoms with E-state index in [-0.39, 0.29) is 27.8 Å². The molecule has 0 fully saturated rings. The first-order chi connectivity index (χ1) is 12.5. The van der Waals surface area contributed by atoms with Crippen LogP contribution in [0, 0.1) is 11.6 Å².